The van der Waals surface area contributed by atoms with Gasteiger partial charge < -0.3 is 0 Å². The van der Waals surface area contributed by atoms with Gasteiger partial charge in [-0.3, -0.25) is 8.91 Å². The van der Waals surface area contributed by atoms with E-state index in [2.05, 4.69) is 17.2 Å². The molecular formula is C11H21B3FN3. The maximum atomic E-state index is 14.4. The average Bonchev–Trinajstić information content (AvgIpc) is 2.81. The molecule has 0 spiro atoms. The molecule has 1 aliphatic carbocycles. The first-order valence-corrected chi connectivity index (χ1v) is 7.25. The Morgan fingerprint density at radius 3 is 2.61 bits per heavy atom. The molecule has 0 atom stereocenters. The Morgan fingerprint density at radius 1 is 1.39 bits per heavy atom. The Bertz CT molecular complexity index is 364. The van der Waals surface area contributed by atoms with E-state index in [-0.39, 0.29) is 5.82 Å². The van der Waals surface area contributed by atoms with Crippen molar-refractivity contribution in [1.29, 1.82) is 0 Å². The van der Waals surface area contributed by atoms with Crippen LogP contribution in [0.1, 0.15) is 45.4 Å². The topological polar surface area (TPSA) is 30.7 Å². The molecule has 0 aromatic carbocycles. The molecule has 1 aromatic rings. The van der Waals surface area contributed by atoms with Crippen molar-refractivity contribution in [2.75, 3.05) is 0 Å². The zero-order valence-electron chi connectivity index (χ0n) is 11.5. The zero-order chi connectivity index (χ0) is 13.0. The van der Waals surface area contributed by atoms with Crippen molar-refractivity contribution in [3.63, 3.8) is 0 Å². The highest BCUT2D eigenvalue weighted by Gasteiger charge is 2.31. The molecule has 3 nitrogen and oxygen atoms in total. The molecule has 0 amide bonds. The van der Waals surface area contributed by atoms with Crippen LogP contribution >= 0.6 is 0 Å². The van der Waals surface area contributed by atoms with Gasteiger partial charge in [-0.2, -0.15) is 0 Å². The summed E-state index contributed by atoms with van der Waals surface area (Å²) in [5.74, 6) is 0.922. The third-order valence-electron chi connectivity index (χ3n) is 4.11. The Labute approximate surface area is 111 Å². The molecule has 1 saturated carbocycles. The van der Waals surface area contributed by atoms with E-state index < -0.39 is 7.12 Å². The zero-order valence-corrected chi connectivity index (χ0v) is 11.5. The second-order valence-corrected chi connectivity index (χ2v) is 5.64. The third kappa shape index (κ3) is 3.39. The lowest BCUT2D eigenvalue weighted by Gasteiger charge is -2.22. The molecule has 0 bridgehead atoms. The van der Waals surface area contributed by atoms with Crippen molar-refractivity contribution < 1.29 is 4.32 Å². The van der Waals surface area contributed by atoms with Crippen LogP contribution in [0, 0.1) is 5.92 Å². The first-order valence-electron chi connectivity index (χ1n) is 7.25. The molecule has 1 aliphatic rings. The van der Waals surface area contributed by atoms with Crippen molar-refractivity contribution in [3.05, 3.63) is 6.20 Å². The van der Waals surface area contributed by atoms with Crippen molar-refractivity contribution in [1.82, 2.24) is 14.9 Å². The molecule has 0 radical (unpaired) electrons. The number of hydrogen-bond donors (Lipinski definition) is 0. The normalized spacial score (nSPS) is 25.2. The SMILES string of the molecule is BBc1cn(B(F)C2CCCC(C)CCC2)nn1. The summed E-state index contributed by atoms with van der Waals surface area (Å²) in [6.07, 6.45) is 8.47. The van der Waals surface area contributed by atoms with Gasteiger partial charge in [0.05, 0.1) is 7.74 Å². The van der Waals surface area contributed by atoms with E-state index in [1.807, 2.05) is 7.74 Å². The Balaban J connectivity index is 1.96. The summed E-state index contributed by atoms with van der Waals surface area (Å²) < 4.78 is 15.9. The molecule has 2 rings (SSSR count). The Kier molecular flexibility index (Phi) is 4.90. The lowest BCUT2D eigenvalue weighted by Crippen LogP contribution is -2.28. The van der Waals surface area contributed by atoms with Crippen molar-refractivity contribution >= 4 is 27.6 Å². The summed E-state index contributed by atoms with van der Waals surface area (Å²) >= 11 is 0. The van der Waals surface area contributed by atoms with Crippen molar-refractivity contribution in [2.24, 2.45) is 5.92 Å². The highest BCUT2D eigenvalue weighted by molar-refractivity contribution is 6.97. The summed E-state index contributed by atoms with van der Waals surface area (Å²) in [7, 11) is 1.83. The predicted octanol–water partition coefficient (Wildman–Crippen LogP) is 0.554. The predicted molar refractivity (Wildman–Crippen MR) is 78.2 cm³/mol. The van der Waals surface area contributed by atoms with Gasteiger partial charge in [-0.1, -0.05) is 50.7 Å². The van der Waals surface area contributed by atoms with Crippen LogP contribution in [-0.2, 0) is 0 Å². The van der Waals surface area contributed by atoms with E-state index in [1.165, 1.54) is 17.4 Å². The fourth-order valence-electron chi connectivity index (χ4n) is 2.83. The monoisotopic (exact) mass is 247 g/mol. The number of rotatable bonds is 3. The summed E-state index contributed by atoms with van der Waals surface area (Å²) in [4.78, 5) is 0. The van der Waals surface area contributed by atoms with Gasteiger partial charge in [0, 0.05) is 11.8 Å². The largest absolute Gasteiger partial charge is 0.485 e. The third-order valence-corrected chi connectivity index (χ3v) is 4.11. The van der Waals surface area contributed by atoms with E-state index >= 15 is 0 Å². The number of nitrogens with zero attached hydrogens (tertiary/aromatic N) is 3. The molecule has 18 heavy (non-hydrogen) atoms. The van der Waals surface area contributed by atoms with Crippen LogP contribution in [0.2, 0.25) is 5.82 Å². The average molecular weight is 247 g/mol. The quantitative estimate of drug-likeness (QED) is 0.730. The van der Waals surface area contributed by atoms with Crippen LogP contribution in [0.25, 0.3) is 0 Å². The molecule has 1 fully saturated rings. The maximum Gasteiger partial charge on any atom is 0.485 e. The van der Waals surface area contributed by atoms with Gasteiger partial charge in [0.25, 0.3) is 0 Å². The van der Waals surface area contributed by atoms with Gasteiger partial charge in [0.15, 0.2) is 0 Å². The first kappa shape index (κ1) is 13.7. The lowest BCUT2D eigenvalue weighted by atomic mass is 9.54. The number of halogens is 1. The smallest absolute Gasteiger partial charge is 0.300 e. The van der Waals surface area contributed by atoms with Gasteiger partial charge in [-0.15, -0.1) is 5.10 Å². The van der Waals surface area contributed by atoms with Crippen LogP contribution in [0.15, 0.2) is 6.20 Å². The van der Waals surface area contributed by atoms with E-state index in [0.717, 1.165) is 44.4 Å². The molecular weight excluding hydrogens is 226 g/mol. The highest BCUT2D eigenvalue weighted by Crippen LogP contribution is 2.31. The molecule has 0 unspecified atom stereocenters. The van der Waals surface area contributed by atoms with Gasteiger partial charge in [-0.25, -0.2) is 0 Å². The standard InChI is InChI=1S/C11H21B3FN3/c1-9-4-2-6-10(7-3-5-9)14(15)18-8-11(13-12)16-17-18/h8-10,13H,2-7,12H2,1H3. The summed E-state index contributed by atoms with van der Waals surface area (Å²) in [6, 6.07) is 0. The van der Waals surface area contributed by atoms with Crippen molar-refractivity contribution in [3.8, 4) is 0 Å². The molecule has 0 saturated heterocycles. The van der Waals surface area contributed by atoms with Gasteiger partial charge >= 0.3 is 7.12 Å². The molecule has 1 aromatic heterocycles. The minimum atomic E-state index is -0.994. The second kappa shape index (κ2) is 6.44. The first-order chi connectivity index (χ1) is 8.70. The minimum Gasteiger partial charge on any atom is -0.300 e. The van der Waals surface area contributed by atoms with Crippen LogP contribution in [0.4, 0.5) is 4.32 Å². The molecule has 96 valence electrons. The molecule has 7 heteroatoms. The van der Waals surface area contributed by atoms with Crippen LogP contribution in [0.3, 0.4) is 0 Å². The second-order valence-electron chi connectivity index (χ2n) is 5.64. The van der Waals surface area contributed by atoms with Crippen molar-refractivity contribution in [2.45, 2.75) is 51.3 Å². The Morgan fingerprint density at radius 2 is 2.06 bits per heavy atom. The molecule has 1 heterocycles. The maximum absolute atomic E-state index is 14.4. The summed E-state index contributed by atoms with van der Waals surface area (Å²) in [5, 5.41) is 7.90. The number of hydrogen-bond acceptors (Lipinski definition) is 2. The minimum absolute atomic E-state index is 0.115. The van der Waals surface area contributed by atoms with E-state index in [1.54, 1.807) is 6.20 Å². The van der Waals surface area contributed by atoms with Crippen LogP contribution < -0.4 is 5.59 Å². The molecule has 0 N–H and O–H groups in total. The van der Waals surface area contributed by atoms with Gasteiger partial charge in [0.2, 0.25) is 0 Å². The Hall–Kier alpha value is -0.735. The lowest BCUT2D eigenvalue weighted by molar-refractivity contribution is 0.394. The van der Waals surface area contributed by atoms with E-state index in [0.29, 0.717) is 0 Å². The van der Waals surface area contributed by atoms with Crippen LogP contribution in [-0.4, -0.2) is 36.9 Å². The molecule has 0 aliphatic heterocycles. The highest BCUT2D eigenvalue weighted by atomic mass is 19.1. The van der Waals surface area contributed by atoms with E-state index in [4.69, 9.17) is 0 Å². The fourth-order valence-corrected chi connectivity index (χ4v) is 2.83. The van der Waals surface area contributed by atoms with E-state index in [9.17, 15) is 4.32 Å². The number of aromatic nitrogens is 3. The fraction of sp³-hybridized carbons (Fsp3) is 0.818. The van der Waals surface area contributed by atoms with Gasteiger partial charge in [0.1, 0.15) is 7.17 Å². The van der Waals surface area contributed by atoms with Crippen LogP contribution in [0.5, 0.6) is 0 Å². The summed E-state index contributed by atoms with van der Waals surface area (Å²) in [6.45, 7) is 2.30. The van der Waals surface area contributed by atoms with Gasteiger partial charge in [-0.05, 0) is 11.7 Å². The summed E-state index contributed by atoms with van der Waals surface area (Å²) in [5.41, 5.74) is 0.872.